The molecule has 2 N–H and O–H groups in total. The van der Waals surface area contributed by atoms with Gasteiger partial charge in [-0.3, -0.25) is 4.99 Å². The van der Waals surface area contributed by atoms with Gasteiger partial charge in [0.2, 0.25) is 0 Å². The first-order valence-corrected chi connectivity index (χ1v) is 8.96. The number of likely N-dealkylation sites (tertiary alicyclic amines) is 1. The second kappa shape index (κ2) is 11.5. The van der Waals surface area contributed by atoms with Gasteiger partial charge < -0.3 is 20.3 Å². The molecule has 2 fully saturated rings. The summed E-state index contributed by atoms with van der Waals surface area (Å²) in [5, 5.41) is 6.89. The third-order valence-corrected chi connectivity index (χ3v) is 4.53. The first-order chi connectivity index (χ1) is 10.7. The highest BCUT2D eigenvalue weighted by Crippen LogP contribution is 2.16. The van der Waals surface area contributed by atoms with E-state index in [1.807, 2.05) is 7.05 Å². The number of halogens is 1. The third-order valence-electron chi connectivity index (χ3n) is 4.53. The van der Waals surface area contributed by atoms with Crippen LogP contribution in [0.4, 0.5) is 0 Å². The van der Waals surface area contributed by atoms with Gasteiger partial charge in [-0.05, 0) is 44.1 Å². The maximum atomic E-state index is 5.64. The molecule has 0 aromatic rings. The maximum Gasteiger partial charge on any atom is 0.191 e. The fraction of sp³-hybridized carbons (Fsp3) is 0.941. The SMILES string of the molecule is CN=C(NCC1CCCN(CC(C)C)C1)NCC1CCCO1.I. The zero-order chi connectivity index (χ0) is 15.8. The number of ether oxygens (including phenoxy) is 1. The molecule has 2 unspecified atom stereocenters. The number of nitrogens with one attached hydrogen (secondary N) is 2. The number of hydrogen-bond acceptors (Lipinski definition) is 3. The Kier molecular flexibility index (Phi) is 10.5. The summed E-state index contributed by atoms with van der Waals surface area (Å²) in [5.74, 6) is 2.40. The molecule has 0 spiro atoms. The van der Waals surface area contributed by atoms with Gasteiger partial charge in [-0.15, -0.1) is 24.0 Å². The topological polar surface area (TPSA) is 48.9 Å². The van der Waals surface area contributed by atoms with Crippen LogP contribution in [0.5, 0.6) is 0 Å². The van der Waals surface area contributed by atoms with E-state index in [-0.39, 0.29) is 24.0 Å². The molecule has 0 amide bonds. The van der Waals surface area contributed by atoms with Crippen molar-refractivity contribution < 1.29 is 4.74 Å². The Balaban J connectivity index is 0.00000264. The molecule has 0 bridgehead atoms. The lowest BCUT2D eigenvalue weighted by molar-refractivity contribution is 0.113. The van der Waals surface area contributed by atoms with E-state index in [4.69, 9.17) is 4.74 Å². The highest BCUT2D eigenvalue weighted by Gasteiger charge is 2.21. The minimum Gasteiger partial charge on any atom is -0.376 e. The van der Waals surface area contributed by atoms with E-state index in [2.05, 4.69) is 34.4 Å². The summed E-state index contributed by atoms with van der Waals surface area (Å²) in [5.41, 5.74) is 0. The highest BCUT2D eigenvalue weighted by molar-refractivity contribution is 14.0. The van der Waals surface area contributed by atoms with E-state index in [0.717, 1.165) is 43.9 Å². The van der Waals surface area contributed by atoms with Crippen molar-refractivity contribution in [1.82, 2.24) is 15.5 Å². The van der Waals surface area contributed by atoms with Crippen molar-refractivity contribution in [3.8, 4) is 0 Å². The van der Waals surface area contributed by atoms with Gasteiger partial charge in [-0.2, -0.15) is 0 Å². The zero-order valence-electron chi connectivity index (χ0n) is 15.0. The smallest absolute Gasteiger partial charge is 0.191 e. The molecule has 0 aliphatic carbocycles. The summed E-state index contributed by atoms with van der Waals surface area (Å²) in [4.78, 5) is 6.94. The Hall–Kier alpha value is -0.0800. The lowest BCUT2D eigenvalue weighted by Gasteiger charge is -2.34. The summed E-state index contributed by atoms with van der Waals surface area (Å²) in [6.45, 7) is 11.1. The number of guanidine groups is 1. The van der Waals surface area contributed by atoms with E-state index >= 15 is 0 Å². The Morgan fingerprint density at radius 1 is 1.22 bits per heavy atom. The van der Waals surface area contributed by atoms with Crippen LogP contribution in [0.25, 0.3) is 0 Å². The molecule has 6 heteroatoms. The quantitative estimate of drug-likeness (QED) is 0.380. The highest BCUT2D eigenvalue weighted by atomic mass is 127. The first-order valence-electron chi connectivity index (χ1n) is 8.96. The van der Waals surface area contributed by atoms with Gasteiger partial charge >= 0.3 is 0 Å². The average Bonchev–Trinajstić information content (AvgIpc) is 3.00. The molecule has 2 rings (SSSR count). The number of aliphatic imine (C=N–C) groups is 1. The van der Waals surface area contributed by atoms with Crippen molar-refractivity contribution >= 4 is 29.9 Å². The largest absolute Gasteiger partial charge is 0.376 e. The predicted molar refractivity (Wildman–Crippen MR) is 108 cm³/mol. The molecule has 0 aromatic heterocycles. The number of rotatable bonds is 6. The first kappa shape index (κ1) is 21.0. The van der Waals surface area contributed by atoms with Crippen LogP contribution in [-0.2, 0) is 4.74 Å². The summed E-state index contributed by atoms with van der Waals surface area (Å²) in [6, 6.07) is 0. The number of hydrogen-bond donors (Lipinski definition) is 2. The molecule has 0 radical (unpaired) electrons. The van der Waals surface area contributed by atoms with Crippen molar-refractivity contribution in [2.75, 3.05) is 46.4 Å². The van der Waals surface area contributed by atoms with Crippen LogP contribution in [0.2, 0.25) is 0 Å². The molecule has 0 saturated carbocycles. The monoisotopic (exact) mass is 438 g/mol. The van der Waals surface area contributed by atoms with E-state index < -0.39 is 0 Å². The molecule has 2 heterocycles. The fourth-order valence-electron chi connectivity index (χ4n) is 3.48. The van der Waals surface area contributed by atoms with Crippen molar-refractivity contribution in [2.45, 2.75) is 45.6 Å². The maximum absolute atomic E-state index is 5.64. The van der Waals surface area contributed by atoms with Crippen LogP contribution in [0.15, 0.2) is 4.99 Å². The minimum atomic E-state index is 0. The van der Waals surface area contributed by atoms with E-state index in [1.54, 1.807) is 0 Å². The van der Waals surface area contributed by atoms with Gasteiger partial charge in [-0.25, -0.2) is 0 Å². The second-order valence-electron chi connectivity index (χ2n) is 7.13. The van der Waals surface area contributed by atoms with Gasteiger partial charge in [0.15, 0.2) is 5.96 Å². The lowest BCUT2D eigenvalue weighted by atomic mass is 9.97. The number of nitrogens with zero attached hydrogens (tertiary/aromatic N) is 2. The Labute approximate surface area is 159 Å². The van der Waals surface area contributed by atoms with Crippen LogP contribution in [-0.4, -0.2) is 63.3 Å². The summed E-state index contributed by atoms with van der Waals surface area (Å²) < 4.78 is 5.64. The number of piperidine rings is 1. The molecule has 5 nitrogen and oxygen atoms in total. The van der Waals surface area contributed by atoms with Gasteiger partial charge in [-0.1, -0.05) is 13.8 Å². The third kappa shape index (κ3) is 8.03. The summed E-state index contributed by atoms with van der Waals surface area (Å²) in [6.07, 6.45) is 5.35. The zero-order valence-corrected chi connectivity index (χ0v) is 17.3. The van der Waals surface area contributed by atoms with E-state index in [0.29, 0.717) is 6.10 Å². The van der Waals surface area contributed by atoms with Crippen LogP contribution < -0.4 is 10.6 Å². The summed E-state index contributed by atoms with van der Waals surface area (Å²) in [7, 11) is 1.84. The van der Waals surface area contributed by atoms with Crippen LogP contribution in [0.3, 0.4) is 0 Å². The molecule has 2 aliphatic rings. The van der Waals surface area contributed by atoms with Crippen molar-refractivity contribution in [3.63, 3.8) is 0 Å². The summed E-state index contributed by atoms with van der Waals surface area (Å²) >= 11 is 0. The molecular formula is C17H35IN4O. The van der Waals surface area contributed by atoms with E-state index in [9.17, 15) is 0 Å². The Bertz CT molecular complexity index is 345. The van der Waals surface area contributed by atoms with Crippen molar-refractivity contribution in [1.29, 1.82) is 0 Å². The lowest BCUT2D eigenvalue weighted by Crippen LogP contribution is -2.46. The molecular weight excluding hydrogens is 403 g/mol. The van der Waals surface area contributed by atoms with Crippen LogP contribution in [0.1, 0.15) is 39.5 Å². The van der Waals surface area contributed by atoms with Gasteiger partial charge in [0.25, 0.3) is 0 Å². The Morgan fingerprint density at radius 3 is 2.65 bits per heavy atom. The normalized spacial score (nSPS) is 26.2. The van der Waals surface area contributed by atoms with Crippen LogP contribution >= 0.6 is 24.0 Å². The van der Waals surface area contributed by atoms with Crippen molar-refractivity contribution in [3.05, 3.63) is 0 Å². The fourth-order valence-corrected chi connectivity index (χ4v) is 3.48. The van der Waals surface area contributed by atoms with Gasteiger partial charge in [0.05, 0.1) is 6.10 Å². The molecule has 2 aliphatic heterocycles. The van der Waals surface area contributed by atoms with E-state index in [1.165, 1.54) is 38.9 Å². The van der Waals surface area contributed by atoms with Gasteiger partial charge in [0.1, 0.15) is 0 Å². The van der Waals surface area contributed by atoms with Crippen molar-refractivity contribution in [2.24, 2.45) is 16.8 Å². The Morgan fingerprint density at radius 2 is 2.00 bits per heavy atom. The predicted octanol–water partition coefficient (Wildman–Crippen LogP) is 2.32. The molecule has 136 valence electrons. The van der Waals surface area contributed by atoms with Crippen LogP contribution in [0, 0.1) is 11.8 Å². The molecule has 0 aromatic carbocycles. The molecule has 23 heavy (non-hydrogen) atoms. The standard InChI is InChI=1S/C17H34N4O.HI/c1-14(2)12-21-8-4-6-15(13-21)10-19-17(18-3)20-11-16-7-5-9-22-16;/h14-16H,4-13H2,1-3H3,(H2,18,19,20);1H. The van der Waals surface area contributed by atoms with Gasteiger partial charge in [0, 0.05) is 39.8 Å². The molecule has 2 atom stereocenters. The molecule has 2 saturated heterocycles. The second-order valence-corrected chi connectivity index (χ2v) is 7.13. The minimum absolute atomic E-state index is 0. The average molecular weight is 438 g/mol.